The topological polar surface area (TPSA) is 83.8 Å². The van der Waals surface area contributed by atoms with Gasteiger partial charge in [0.25, 0.3) is 0 Å². The van der Waals surface area contributed by atoms with Crippen LogP contribution in [-0.4, -0.2) is 21.9 Å². The fourth-order valence-electron chi connectivity index (χ4n) is 2.22. The van der Waals surface area contributed by atoms with E-state index in [2.05, 4.69) is 0 Å². The molecular formula is C16H16O5. The Morgan fingerprint density at radius 2 is 1.95 bits per heavy atom. The zero-order valence-corrected chi connectivity index (χ0v) is 11.8. The summed E-state index contributed by atoms with van der Waals surface area (Å²) < 4.78 is 10.5. The summed E-state index contributed by atoms with van der Waals surface area (Å²) >= 11 is 0. The second kappa shape index (κ2) is 4.72. The smallest absolute Gasteiger partial charge is 0.339 e. The summed E-state index contributed by atoms with van der Waals surface area (Å²) in [6.45, 7) is 2.99. The molecule has 21 heavy (non-hydrogen) atoms. The van der Waals surface area contributed by atoms with Crippen LogP contribution in [0.1, 0.15) is 19.4 Å². The van der Waals surface area contributed by atoms with Crippen LogP contribution in [0.4, 0.5) is 0 Å². The van der Waals surface area contributed by atoms with Crippen molar-refractivity contribution >= 4 is 21.9 Å². The van der Waals surface area contributed by atoms with Gasteiger partial charge in [-0.25, -0.2) is 4.79 Å². The van der Waals surface area contributed by atoms with Gasteiger partial charge < -0.3 is 19.0 Å². The van der Waals surface area contributed by atoms with Crippen molar-refractivity contribution in [3.8, 4) is 0 Å². The van der Waals surface area contributed by atoms with E-state index in [-0.39, 0.29) is 6.42 Å². The first-order valence-electron chi connectivity index (χ1n) is 6.69. The Morgan fingerprint density at radius 3 is 2.67 bits per heavy atom. The van der Waals surface area contributed by atoms with E-state index in [9.17, 15) is 15.0 Å². The highest BCUT2D eigenvalue weighted by molar-refractivity contribution is 5.93. The van der Waals surface area contributed by atoms with E-state index in [1.54, 1.807) is 18.4 Å². The van der Waals surface area contributed by atoms with Crippen LogP contribution in [0, 0.1) is 0 Å². The molecule has 0 amide bonds. The summed E-state index contributed by atoms with van der Waals surface area (Å²) in [5.74, 6) is 0. The van der Waals surface area contributed by atoms with E-state index < -0.39 is 17.3 Å². The normalized spacial score (nSPS) is 13.9. The predicted molar refractivity (Wildman–Crippen MR) is 78.3 cm³/mol. The molecule has 1 aromatic carbocycles. The molecule has 0 bridgehead atoms. The number of rotatable bonds is 3. The molecule has 0 aliphatic carbocycles. The van der Waals surface area contributed by atoms with Crippen molar-refractivity contribution in [1.29, 1.82) is 0 Å². The van der Waals surface area contributed by atoms with E-state index in [0.29, 0.717) is 16.7 Å². The molecule has 2 heterocycles. The minimum atomic E-state index is -1.28. The van der Waals surface area contributed by atoms with E-state index in [0.717, 1.165) is 10.8 Å². The second-order valence-electron chi connectivity index (χ2n) is 5.78. The summed E-state index contributed by atoms with van der Waals surface area (Å²) in [6, 6.07) is 7.03. The van der Waals surface area contributed by atoms with Gasteiger partial charge in [-0.05, 0) is 32.0 Å². The first-order valence-corrected chi connectivity index (χ1v) is 6.69. The van der Waals surface area contributed by atoms with Gasteiger partial charge in [-0.2, -0.15) is 0 Å². The lowest BCUT2D eigenvalue weighted by atomic mass is 9.95. The van der Waals surface area contributed by atoms with Gasteiger partial charge in [0.15, 0.2) is 0 Å². The van der Waals surface area contributed by atoms with Crippen LogP contribution in [0.5, 0.6) is 0 Å². The number of hydrogen-bond donors (Lipinski definition) is 2. The number of aliphatic hydroxyl groups excluding tert-OH is 1. The lowest BCUT2D eigenvalue weighted by Gasteiger charge is -2.24. The standard InChI is InChI=1S/C16H16O5/c1-16(2,19)14(17)7-11-6-10-5-9-3-4-20-12(9)8-13(10)21-15(11)18/h3-6,8,14,17,19H,7H2,1-2H3/t14-/m1/s1. The van der Waals surface area contributed by atoms with Crippen LogP contribution in [0.25, 0.3) is 21.9 Å². The third-order valence-corrected chi connectivity index (χ3v) is 3.61. The first kappa shape index (κ1) is 13.9. The lowest BCUT2D eigenvalue weighted by Crippen LogP contribution is -2.38. The maximum absolute atomic E-state index is 12.0. The zero-order chi connectivity index (χ0) is 15.2. The highest BCUT2D eigenvalue weighted by atomic mass is 16.4. The van der Waals surface area contributed by atoms with Crippen molar-refractivity contribution in [2.45, 2.75) is 32.0 Å². The van der Waals surface area contributed by atoms with E-state index in [1.165, 1.54) is 13.8 Å². The maximum Gasteiger partial charge on any atom is 0.339 e. The molecule has 0 unspecified atom stereocenters. The van der Waals surface area contributed by atoms with Crippen molar-refractivity contribution < 1.29 is 19.0 Å². The molecule has 0 aliphatic heterocycles. The van der Waals surface area contributed by atoms with Gasteiger partial charge in [-0.1, -0.05) is 0 Å². The van der Waals surface area contributed by atoms with Gasteiger partial charge in [-0.15, -0.1) is 0 Å². The molecule has 1 atom stereocenters. The van der Waals surface area contributed by atoms with Crippen LogP contribution < -0.4 is 5.63 Å². The molecule has 3 aromatic rings. The lowest BCUT2D eigenvalue weighted by molar-refractivity contribution is -0.0472. The number of aliphatic hydroxyl groups is 2. The van der Waals surface area contributed by atoms with Crippen molar-refractivity contribution in [3.05, 3.63) is 46.5 Å². The third kappa shape index (κ3) is 2.57. The molecule has 5 heteroatoms. The van der Waals surface area contributed by atoms with Gasteiger partial charge in [-0.3, -0.25) is 0 Å². The van der Waals surface area contributed by atoms with Crippen LogP contribution in [0.3, 0.4) is 0 Å². The quantitative estimate of drug-likeness (QED) is 0.722. The maximum atomic E-state index is 12.0. The minimum Gasteiger partial charge on any atom is -0.464 e. The van der Waals surface area contributed by atoms with Gasteiger partial charge >= 0.3 is 5.63 Å². The van der Waals surface area contributed by atoms with Gasteiger partial charge in [0.2, 0.25) is 0 Å². The molecule has 110 valence electrons. The Labute approximate surface area is 120 Å². The summed E-state index contributed by atoms with van der Waals surface area (Å²) in [7, 11) is 0. The Kier molecular flexibility index (Phi) is 3.11. The Hall–Kier alpha value is -2.11. The van der Waals surface area contributed by atoms with E-state index >= 15 is 0 Å². The van der Waals surface area contributed by atoms with Crippen molar-refractivity contribution in [2.75, 3.05) is 0 Å². The highest BCUT2D eigenvalue weighted by Crippen LogP contribution is 2.24. The van der Waals surface area contributed by atoms with Crippen LogP contribution in [-0.2, 0) is 6.42 Å². The van der Waals surface area contributed by atoms with Crippen molar-refractivity contribution in [3.63, 3.8) is 0 Å². The van der Waals surface area contributed by atoms with Crippen LogP contribution in [0.2, 0.25) is 0 Å². The zero-order valence-electron chi connectivity index (χ0n) is 11.8. The minimum absolute atomic E-state index is 0.0329. The van der Waals surface area contributed by atoms with Crippen LogP contribution >= 0.6 is 0 Å². The fourth-order valence-corrected chi connectivity index (χ4v) is 2.22. The van der Waals surface area contributed by atoms with Crippen molar-refractivity contribution in [2.24, 2.45) is 0 Å². The highest BCUT2D eigenvalue weighted by Gasteiger charge is 2.26. The monoisotopic (exact) mass is 288 g/mol. The number of furan rings is 1. The molecule has 0 fully saturated rings. The average molecular weight is 288 g/mol. The molecule has 3 rings (SSSR count). The summed E-state index contributed by atoms with van der Waals surface area (Å²) in [5.41, 5.74) is -0.383. The number of hydrogen-bond acceptors (Lipinski definition) is 5. The van der Waals surface area contributed by atoms with Gasteiger partial charge in [0.05, 0.1) is 18.0 Å². The molecule has 0 saturated carbocycles. The summed E-state index contributed by atoms with van der Waals surface area (Å²) in [4.78, 5) is 12.0. The number of benzene rings is 1. The predicted octanol–water partition coefficient (Wildman–Crippen LogP) is 2.21. The average Bonchev–Trinajstić information content (AvgIpc) is 2.83. The molecule has 0 saturated heterocycles. The molecular weight excluding hydrogens is 272 g/mol. The fraction of sp³-hybridized carbons (Fsp3) is 0.312. The molecule has 5 nitrogen and oxygen atoms in total. The second-order valence-corrected chi connectivity index (χ2v) is 5.78. The Bertz CT molecular complexity index is 850. The Balaban J connectivity index is 2.09. The van der Waals surface area contributed by atoms with Crippen LogP contribution in [0.15, 0.2) is 44.2 Å². The summed E-state index contributed by atoms with van der Waals surface area (Å²) in [6.07, 6.45) is 0.557. The largest absolute Gasteiger partial charge is 0.464 e. The number of fused-ring (bicyclic) bond motifs is 2. The SMILES string of the molecule is CC(C)(O)[C@H](O)Cc1cc2cc3ccoc3cc2oc1=O. The third-order valence-electron chi connectivity index (χ3n) is 3.61. The van der Waals surface area contributed by atoms with E-state index in [4.69, 9.17) is 8.83 Å². The molecule has 2 aromatic heterocycles. The van der Waals surface area contributed by atoms with Gasteiger partial charge in [0, 0.05) is 28.8 Å². The molecule has 2 N–H and O–H groups in total. The van der Waals surface area contributed by atoms with Crippen molar-refractivity contribution in [1.82, 2.24) is 0 Å². The molecule has 0 radical (unpaired) electrons. The molecule has 0 aliphatic rings. The molecule has 0 spiro atoms. The Morgan fingerprint density at radius 1 is 1.19 bits per heavy atom. The summed E-state index contributed by atoms with van der Waals surface area (Å²) in [5, 5.41) is 21.4. The van der Waals surface area contributed by atoms with Gasteiger partial charge in [0.1, 0.15) is 11.2 Å². The van der Waals surface area contributed by atoms with E-state index in [1.807, 2.05) is 12.1 Å². The first-order chi connectivity index (χ1) is 9.84.